The summed E-state index contributed by atoms with van der Waals surface area (Å²) >= 11 is 0. The molecule has 3 nitrogen and oxygen atoms in total. The number of para-hydroxylation sites is 1. The van der Waals surface area contributed by atoms with Gasteiger partial charge in [-0.1, -0.05) is 24.6 Å². The number of nitrogens with one attached hydrogen (secondary N) is 1. The first-order valence-electron chi connectivity index (χ1n) is 7.24. The molecular weight excluding hydrogens is 236 g/mol. The SMILES string of the molecule is C[C@H]1CCCCN1C[C@H](O)c1c[nH]c2ccccc12. The lowest BCUT2D eigenvalue weighted by atomic mass is 10.0. The molecule has 1 fully saturated rings. The molecule has 19 heavy (non-hydrogen) atoms. The van der Waals surface area contributed by atoms with Crippen LogP contribution in [-0.2, 0) is 0 Å². The first kappa shape index (κ1) is 12.7. The zero-order chi connectivity index (χ0) is 13.2. The maximum absolute atomic E-state index is 10.5. The fourth-order valence-electron chi connectivity index (χ4n) is 3.12. The average Bonchev–Trinajstić information content (AvgIpc) is 2.85. The smallest absolute Gasteiger partial charge is 0.0937 e. The Morgan fingerprint density at radius 1 is 1.37 bits per heavy atom. The number of β-amino-alcohol motifs (C(OH)–C–C–N with tert-alkyl or cyclic N) is 1. The number of aromatic nitrogens is 1. The van der Waals surface area contributed by atoms with Crippen molar-refractivity contribution in [2.24, 2.45) is 0 Å². The van der Waals surface area contributed by atoms with E-state index in [-0.39, 0.29) is 0 Å². The Morgan fingerprint density at radius 2 is 2.21 bits per heavy atom. The molecule has 1 aliphatic rings. The van der Waals surface area contributed by atoms with Crippen molar-refractivity contribution in [2.45, 2.75) is 38.3 Å². The van der Waals surface area contributed by atoms with E-state index in [1.165, 1.54) is 19.3 Å². The molecule has 0 saturated carbocycles. The van der Waals surface area contributed by atoms with Gasteiger partial charge in [-0.2, -0.15) is 0 Å². The number of aromatic amines is 1. The monoisotopic (exact) mass is 258 g/mol. The lowest BCUT2D eigenvalue weighted by Gasteiger charge is -2.34. The van der Waals surface area contributed by atoms with E-state index in [4.69, 9.17) is 0 Å². The van der Waals surface area contributed by atoms with Gasteiger partial charge >= 0.3 is 0 Å². The van der Waals surface area contributed by atoms with Crippen molar-refractivity contribution in [3.63, 3.8) is 0 Å². The van der Waals surface area contributed by atoms with Gasteiger partial charge < -0.3 is 10.1 Å². The summed E-state index contributed by atoms with van der Waals surface area (Å²) in [5, 5.41) is 11.7. The Labute approximate surface area is 114 Å². The highest BCUT2D eigenvalue weighted by molar-refractivity contribution is 5.83. The van der Waals surface area contributed by atoms with Gasteiger partial charge in [0.1, 0.15) is 0 Å². The van der Waals surface area contributed by atoms with Crippen LogP contribution in [-0.4, -0.2) is 34.1 Å². The predicted octanol–water partition coefficient (Wildman–Crippen LogP) is 3.08. The summed E-state index contributed by atoms with van der Waals surface area (Å²) in [5.41, 5.74) is 2.12. The van der Waals surface area contributed by atoms with Crippen molar-refractivity contribution in [3.05, 3.63) is 36.0 Å². The van der Waals surface area contributed by atoms with Crippen LogP contribution in [0.3, 0.4) is 0 Å². The standard InChI is InChI=1S/C16H22N2O/c1-12-6-4-5-9-18(12)11-16(19)14-10-17-15-8-3-2-7-13(14)15/h2-3,7-8,10,12,16-17,19H,4-6,9,11H2,1H3/t12-,16-/m0/s1. The average molecular weight is 258 g/mol. The number of hydrogen-bond acceptors (Lipinski definition) is 2. The molecule has 0 amide bonds. The highest BCUT2D eigenvalue weighted by Gasteiger charge is 2.22. The molecule has 1 aromatic heterocycles. The van der Waals surface area contributed by atoms with E-state index in [1.807, 2.05) is 18.3 Å². The van der Waals surface area contributed by atoms with Crippen LogP contribution in [0.1, 0.15) is 37.9 Å². The molecular formula is C16H22N2O. The highest BCUT2D eigenvalue weighted by atomic mass is 16.3. The molecule has 0 aliphatic carbocycles. The minimum absolute atomic E-state index is 0.406. The summed E-state index contributed by atoms with van der Waals surface area (Å²) in [6.45, 7) is 4.12. The van der Waals surface area contributed by atoms with Crippen molar-refractivity contribution in [3.8, 4) is 0 Å². The Kier molecular flexibility index (Phi) is 3.58. The van der Waals surface area contributed by atoms with Crippen molar-refractivity contribution in [2.75, 3.05) is 13.1 Å². The molecule has 2 aromatic rings. The summed E-state index contributed by atoms with van der Waals surface area (Å²) in [6, 6.07) is 8.75. The summed E-state index contributed by atoms with van der Waals surface area (Å²) in [6.07, 6.45) is 5.37. The molecule has 1 aliphatic heterocycles. The summed E-state index contributed by atoms with van der Waals surface area (Å²) in [7, 11) is 0. The third-order valence-corrected chi connectivity index (χ3v) is 4.33. The van der Waals surface area contributed by atoms with E-state index in [1.54, 1.807) is 0 Å². The number of aliphatic hydroxyl groups excluding tert-OH is 1. The number of H-pyrrole nitrogens is 1. The van der Waals surface area contributed by atoms with Gasteiger partial charge in [0, 0.05) is 35.2 Å². The Bertz CT molecular complexity index is 548. The second-order valence-electron chi connectivity index (χ2n) is 5.65. The van der Waals surface area contributed by atoms with Crippen LogP contribution in [0.15, 0.2) is 30.5 Å². The second kappa shape index (κ2) is 5.35. The molecule has 1 aromatic carbocycles. The number of hydrogen-bond donors (Lipinski definition) is 2. The lowest BCUT2D eigenvalue weighted by molar-refractivity contribution is 0.0740. The van der Waals surface area contributed by atoms with Gasteiger partial charge in [-0.25, -0.2) is 0 Å². The molecule has 102 valence electrons. The molecule has 0 spiro atoms. The quantitative estimate of drug-likeness (QED) is 0.888. The van der Waals surface area contributed by atoms with Crippen LogP contribution in [0, 0.1) is 0 Å². The van der Waals surface area contributed by atoms with E-state index in [9.17, 15) is 5.11 Å². The second-order valence-corrected chi connectivity index (χ2v) is 5.65. The van der Waals surface area contributed by atoms with Crippen LogP contribution in [0.2, 0.25) is 0 Å². The highest BCUT2D eigenvalue weighted by Crippen LogP contribution is 2.26. The fraction of sp³-hybridized carbons (Fsp3) is 0.500. The Morgan fingerprint density at radius 3 is 3.05 bits per heavy atom. The largest absolute Gasteiger partial charge is 0.387 e. The van der Waals surface area contributed by atoms with Gasteiger partial charge in [-0.05, 0) is 32.4 Å². The molecule has 2 heterocycles. The number of nitrogens with zero attached hydrogens (tertiary/aromatic N) is 1. The predicted molar refractivity (Wildman–Crippen MR) is 78.1 cm³/mol. The molecule has 0 unspecified atom stereocenters. The molecule has 0 radical (unpaired) electrons. The van der Waals surface area contributed by atoms with E-state index >= 15 is 0 Å². The summed E-state index contributed by atoms with van der Waals surface area (Å²) < 4.78 is 0. The normalized spacial score (nSPS) is 22.7. The lowest BCUT2D eigenvalue weighted by Crippen LogP contribution is -2.40. The van der Waals surface area contributed by atoms with Crippen LogP contribution in [0.5, 0.6) is 0 Å². The van der Waals surface area contributed by atoms with Crippen molar-refractivity contribution < 1.29 is 5.11 Å². The van der Waals surface area contributed by atoms with Crippen LogP contribution in [0.25, 0.3) is 10.9 Å². The van der Waals surface area contributed by atoms with Gasteiger partial charge in [0.2, 0.25) is 0 Å². The first-order chi connectivity index (χ1) is 9.25. The number of fused-ring (bicyclic) bond motifs is 1. The van der Waals surface area contributed by atoms with Crippen molar-refractivity contribution >= 4 is 10.9 Å². The molecule has 0 bridgehead atoms. The maximum atomic E-state index is 10.5. The fourth-order valence-corrected chi connectivity index (χ4v) is 3.12. The first-order valence-corrected chi connectivity index (χ1v) is 7.24. The zero-order valence-corrected chi connectivity index (χ0v) is 11.5. The molecule has 2 atom stereocenters. The van der Waals surface area contributed by atoms with Crippen LogP contribution in [0.4, 0.5) is 0 Å². The summed E-state index contributed by atoms with van der Waals surface area (Å²) in [5.74, 6) is 0. The number of piperidine rings is 1. The van der Waals surface area contributed by atoms with E-state index in [2.05, 4.69) is 28.9 Å². The van der Waals surface area contributed by atoms with Crippen LogP contribution >= 0.6 is 0 Å². The van der Waals surface area contributed by atoms with E-state index < -0.39 is 6.10 Å². The number of benzene rings is 1. The molecule has 2 N–H and O–H groups in total. The zero-order valence-electron chi connectivity index (χ0n) is 11.5. The number of likely N-dealkylation sites (tertiary alicyclic amines) is 1. The Balaban J connectivity index is 1.78. The van der Waals surface area contributed by atoms with Gasteiger partial charge in [0.15, 0.2) is 0 Å². The third-order valence-electron chi connectivity index (χ3n) is 4.33. The minimum Gasteiger partial charge on any atom is -0.387 e. The van der Waals surface area contributed by atoms with Gasteiger partial charge in [-0.15, -0.1) is 0 Å². The molecule has 1 saturated heterocycles. The number of rotatable bonds is 3. The van der Waals surface area contributed by atoms with E-state index in [0.717, 1.165) is 29.6 Å². The van der Waals surface area contributed by atoms with E-state index in [0.29, 0.717) is 6.04 Å². The van der Waals surface area contributed by atoms with Gasteiger partial charge in [-0.3, -0.25) is 4.90 Å². The van der Waals surface area contributed by atoms with Crippen molar-refractivity contribution in [1.29, 1.82) is 0 Å². The van der Waals surface area contributed by atoms with Gasteiger partial charge in [0.05, 0.1) is 6.10 Å². The van der Waals surface area contributed by atoms with Crippen molar-refractivity contribution in [1.82, 2.24) is 9.88 Å². The third kappa shape index (κ3) is 2.53. The number of aliphatic hydroxyl groups is 1. The summed E-state index contributed by atoms with van der Waals surface area (Å²) in [4.78, 5) is 5.65. The van der Waals surface area contributed by atoms with Crippen LogP contribution < -0.4 is 0 Å². The van der Waals surface area contributed by atoms with Gasteiger partial charge in [0.25, 0.3) is 0 Å². The maximum Gasteiger partial charge on any atom is 0.0937 e. The minimum atomic E-state index is -0.406. The molecule has 3 heteroatoms. The topological polar surface area (TPSA) is 39.3 Å². The molecule has 3 rings (SSSR count). The Hall–Kier alpha value is -1.32.